The predicted molar refractivity (Wildman–Crippen MR) is 82.3 cm³/mol. The number of carbonyl (C=O) groups excluding carboxylic acids is 1. The van der Waals surface area contributed by atoms with E-state index in [-0.39, 0.29) is 17.7 Å². The second-order valence-electron chi connectivity index (χ2n) is 6.97. The van der Waals surface area contributed by atoms with Crippen LogP contribution in [0.5, 0.6) is 0 Å². The lowest BCUT2D eigenvalue weighted by Crippen LogP contribution is -2.52. The van der Waals surface area contributed by atoms with Gasteiger partial charge < -0.3 is 11.1 Å². The first-order valence-electron chi connectivity index (χ1n) is 7.73. The van der Waals surface area contributed by atoms with E-state index < -0.39 is 17.2 Å². The molecule has 22 heavy (non-hydrogen) atoms. The van der Waals surface area contributed by atoms with E-state index in [2.05, 4.69) is 19.2 Å². The van der Waals surface area contributed by atoms with Gasteiger partial charge in [-0.05, 0) is 43.2 Å². The number of hydrogen-bond donors (Lipinski definition) is 2. The van der Waals surface area contributed by atoms with Gasteiger partial charge in [0.15, 0.2) is 0 Å². The van der Waals surface area contributed by atoms with Crippen LogP contribution in [0.3, 0.4) is 0 Å². The fourth-order valence-corrected chi connectivity index (χ4v) is 3.11. The minimum atomic E-state index is -0.601. The van der Waals surface area contributed by atoms with Crippen molar-refractivity contribution in [1.82, 2.24) is 5.32 Å². The summed E-state index contributed by atoms with van der Waals surface area (Å²) in [6, 6.07) is 3.53. The Balaban J connectivity index is 2.01. The molecule has 0 heterocycles. The predicted octanol–water partition coefficient (Wildman–Crippen LogP) is 2.95. The van der Waals surface area contributed by atoms with Crippen LogP contribution in [0.25, 0.3) is 0 Å². The Kier molecular flexibility index (Phi) is 4.85. The summed E-state index contributed by atoms with van der Waals surface area (Å²) in [6.45, 7) is 6.45. The first-order valence-corrected chi connectivity index (χ1v) is 7.73. The Bertz CT molecular complexity index is 562. The van der Waals surface area contributed by atoms with Crippen LogP contribution in [0.4, 0.5) is 8.78 Å². The fourth-order valence-electron chi connectivity index (χ4n) is 3.11. The molecule has 3 atom stereocenters. The van der Waals surface area contributed by atoms with Crippen molar-refractivity contribution in [3.05, 3.63) is 35.4 Å². The fraction of sp³-hybridized carbons (Fsp3) is 0.588. The molecule has 1 aromatic carbocycles. The maximum atomic E-state index is 13.8. The summed E-state index contributed by atoms with van der Waals surface area (Å²) in [5.41, 5.74) is 5.77. The van der Waals surface area contributed by atoms with Gasteiger partial charge in [0.25, 0.3) is 0 Å². The van der Waals surface area contributed by atoms with Crippen molar-refractivity contribution in [2.24, 2.45) is 17.6 Å². The molecule has 0 aromatic heterocycles. The highest BCUT2D eigenvalue weighted by Crippen LogP contribution is 2.48. The molecule has 3 N–H and O–H groups in total. The van der Waals surface area contributed by atoms with E-state index in [1.54, 1.807) is 0 Å². The van der Waals surface area contributed by atoms with Crippen LogP contribution in [0, 0.1) is 23.5 Å². The van der Waals surface area contributed by atoms with Gasteiger partial charge in [-0.3, -0.25) is 4.79 Å². The average molecular weight is 310 g/mol. The van der Waals surface area contributed by atoms with Crippen molar-refractivity contribution < 1.29 is 13.6 Å². The molecular formula is C17H24F2N2O. The lowest BCUT2D eigenvalue weighted by Gasteiger charge is -2.31. The zero-order valence-electron chi connectivity index (χ0n) is 13.3. The number of nitrogens with two attached hydrogens (primary N) is 1. The smallest absolute Gasteiger partial charge is 0.224 e. The number of hydrogen-bond acceptors (Lipinski definition) is 2. The maximum Gasteiger partial charge on any atom is 0.224 e. The van der Waals surface area contributed by atoms with Gasteiger partial charge >= 0.3 is 0 Å². The molecule has 0 bridgehead atoms. The molecule has 3 nitrogen and oxygen atoms in total. The lowest BCUT2D eigenvalue weighted by atomic mass is 9.90. The van der Waals surface area contributed by atoms with Crippen molar-refractivity contribution >= 4 is 5.91 Å². The third kappa shape index (κ3) is 3.83. The lowest BCUT2D eigenvalue weighted by molar-refractivity contribution is -0.124. The normalized spacial score (nSPS) is 23.2. The highest BCUT2D eigenvalue weighted by Gasteiger charge is 2.46. The van der Waals surface area contributed by atoms with Gasteiger partial charge in [-0.25, -0.2) is 8.78 Å². The van der Waals surface area contributed by atoms with E-state index in [9.17, 15) is 13.6 Å². The average Bonchev–Trinajstić information content (AvgIpc) is 3.18. The van der Waals surface area contributed by atoms with Crippen LogP contribution < -0.4 is 11.1 Å². The molecular weight excluding hydrogens is 286 g/mol. The van der Waals surface area contributed by atoms with E-state index in [4.69, 9.17) is 5.73 Å². The van der Waals surface area contributed by atoms with Crippen LogP contribution in [0.2, 0.25) is 0 Å². The Hall–Kier alpha value is -1.49. The Labute approximate surface area is 130 Å². The second kappa shape index (κ2) is 6.32. The third-order valence-electron chi connectivity index (χ3n) is 4.22. The van der Waals surface area contributed by atoms with Crippen LogP contribution in [0.1, 0.15) is 45.1 Å². The Morgan fingerprint density at radius 2 is 2.14 bits per heavy atom. The molecule has 5 heteroatoms. The number of benzene rings is 1. The summed E-state index contributed by atoms with van der Waals surface area (Å²) < 4.78 is 26.7. The first-order chi connectivity index (χ1) is 10.3. The molecule has 1 aliphatic carbocycles. The molecule has 1 saturated carbocycles. The quantitative estimate of drug-likeness (QED) is 0.849. The van der Waals surface area contributed by atoms with E-state index >= 15 is 0 Å². The van der Waals surface area contributed by atoms with Crippen molar-refractivity contribution in [2.75, 3.05) is 6.54 Å². The van der Waals surface area contributed by atoms with Gasteiger partial charge in [0.1, 0.15) is 11.6 Å². The van der Waals surface area contributed by atoms with Crippen molar-refractivity contribution in [3.63, 3.8) is 0 Å². The number of carbonyl (C=O) groups is 1. The van der Waals surface area contributed by atoms with E-state index in [1.807, 2.05) is 6.92 Å². The monoisotopic (exact) mass is 310 g/mol. The molecule has 0 aliphatic heterocycles. The summed E-state index contributed by atoms with van der Waals surface area (Å²) in [5.74, 6) is -1.28. The van der Waals surface area contributed by atoms with Crippen LogP contribution >= 0.6 is 0 Å². The van der Waals surface area contributed by atoms with Crippen LogP contribution in [-0.2, 0) is 4.79 Å². The second-order valence-corrected chi connectivity index (χ2v) is 6.97. The molecule has 1 aliphatic rings. The molecule has 0 radical (unpaired) electrons. The maximum absolute atomic E-state index is 13.8. The number of amides is 1. The number of nitrogens with one attached hydrogen (secondary N) is 1. The van der Waals surface area contributed by atoms with Gasteiger partial charge in [0, 0.05) is 24.1 Å². The summed E-state index contributed by atoms with van der Waals surface area (Å²) in [6.07, 6.45) is 1.38. The van der Waals surface area contributed by atoms with Gasteiger partial charge in [-0.15, -0.1) is 0 Å². The molecule has 2 rings (SSSR count). The summed E-state index contributed by atoms with van der Waals surface area (Å²) in [4.78, 5) is 12.4. The standard InChI is InChI=1S/C17H24F2N2O/c1-10(2)8-17(3,9-20)21-16(22)14-7-13(14)12-5-4-11(18)6-15(12)19/h4-6,10,13-14H,7-9,20H2,1-3H3,(H,21,22). The van der Waals surface area contributed by atoms with Gasteiger partial charge in [0.05, 0.1) is 0 Å². The molecule has 3 unspecified atom stereocenters. The number of halogens is 2. The summed E-state index contributed by atoms with van der Waals surface area (Å²) in [7, 11) is 0. The summed E-state index contributed by atoms with van der Waals surface area (Å²) >= 11 is 0. The highest BCUT2D eigenvalue weighted by atomic mass is 19.1. The molecule has 0 spiro atoms. The Morgan fingerprint density at radius 1 is 1.45 bits per heavy atom. The van der Waals surface area contributed by atoms with Gasteiger partial charge in [0.2, 0.25) is 5.91 Å². The molecule has 0 saturated heterocycles. The van der Waals surface area contributed by atoms with E-state index in [1.165, 1.54) is 12.1 Å². The van der Waals surface area contributed by atoms with Crippen LogP contribution in [0.15, 0.2) is 18.2 Å². The zero-order chi connectivity index (χ0) is 16.5. The first kappa shape index (κ1) is 16.9. The minimum Gasteiger partial charge on any atom is -0.349 e. The molecule has 1 aromatic rings. The van der Waals surface area contributed by atoms with Crippen molar-refractivity contribution in [3.8, 4) is 0 Å². The van der Waals surface area contributed by atoms with E-state index in [0.29, 0.717) is 24.4 Å². The van der Waals surface area contributed by atoms with Crippen molar-refractivity contribution in [2.45, 2.75) is 45.1 Å². The zero-order valence-corrected chi connectivity index (χ0v) is 13.3. The largest absolute Gasteiger partial charge is 0.349 e. The minimum absolute atomic E-state index is 0.0951. The number of rotatable bonds is 6. The van der Waals surface area contributed by atoms with Gasteiger partial charge in [-0.2, -0.15) is 0 Å². The molecule has 1 amide bonds. The SMILES string of the molecule is CC(C)CC(C)(CN)NC(=O)C1CC1c1ccc(F)cc1F. The highest BCUT2D eigenvalue weighted by molar-refractivity contribution is 5.83. The molecule has 1 fully saturated rings. The van der Waals surface area contributed by atoms with Crippen LogP contribution in [-0.4, -0.2) is 18.0 Å². The van der Waals surface area contributed by atoms with Crippen molar-refractivity contribution in [1.29, 1.82) is 0 Å². The Morgan fingerprint density at radius 3 is 2.68 bits per heavy atom. The third-order valence-corrected chi connectivity index (χ3v) is 4.22. The topological polar surface area (TPSA) is 55.1 Å². The summed E-state index contributed by atoms with van der Waals surface area (Å²) in [5, 5.41) is 3.01. The molecule has 122 valence electrons. The van der Waals surface area contributed by atoms with Gasteiger partial charge in [-0.1, -0.05) is 19.9 Å². The van der Waals surface area contributed by atoms with E-state index in [0.717, 1.165) is 12.5 Å².